The van der Waals surface area contributed by atoms with E-state index in [1.807, 2.05) is 32.2 Å². The number of rotatable bonds is 4. The summed E-state index contributed by atoms with van der Waals surface area (Å²) >= 11 is 1.70. The summed E-state index contributed by atoms with van der Waals surface area (Å²) in [5.74, 6) is 0.362. The largest absolute Gasteiger partial charge is 0.340 e. The highest BCUT2D eigenvalue weighted by atomic mass is 32.1. The van der Waals surface area contributed by atoms with Gasteiger partial charge in [0.25, 0.3) is 0 Å². The average molecular weight is 306 g/mol. The molecule has 1 aromatic rings. The van der Waals surface area contributed by atoms with Gasteiger partial charge in [0.1, 0.15) is 11.6 Å². The number of hydrogen-bond acceptors (Lipinski definition) is 3. The van der Waals surface area contributed by atoms with Gasteiger partial charge in [0.15, 0.2) is 0 Å². The number of amides is 2. The zero-order valence-electron chi connectivity index (χ0n) is 12.8. The van der Waals surface area contributed by atoms with E-state index in [2.05, 4.69) is 11.4 Å². The quantitative estimate of drug-likeness (QED) is 0.927. The van der Waals surface area contributed by atoms with E-state index in [4.69, 9.17) is 0 Å². The molecule has 0 aromatic carbocycles. The molecule has 5 heteroatoms. The van der Waals surface area contributed by atoms with Crippen LogP contribution in [0.2, 0.25) is 0 Å². The molecule has 1 N–H and O–H groups in total. The summed E-state index contributed by atoms with van der Waals surface area (Å²) in [4.78, 5) is 28.3. The van der Waals surface area contributed by atoms with E-state index in [9.17, 15) is 9.59 Å². The number of thiophene rings is 1. The standard InChI is InChI=1S/C16H22N2O2S/c1-10(9-13-5-4-8-21-13)18-11(2)14(19)17-16(3,15(18)20)12-6-7-12/h4-5,8,10-12H,6-7,9H2,1-3H3,(H,17,19). The van der Waals surface area contributed by atoms with Crippen LogP contribution in [-0.4, -0.2) is 34.3 Å². The lowest BCUT2D eigenvalue weighted by molar-refractivity contribution is -0.157. The zero-order valence-corrected chi connectivity index (χ0v) is 13.6. The Labute approximate surface area is 129 Å². The Morgan fingerprint density at radius 1 is 1.48 bits per heavy atom. The van der Waals surface area contributed by atoms with Crippen LogP contribution in [-0.2, 0) is 16.0 Å². The van der Waals surface area contributed by atoms with Crippen molar-refractivity contribution >= 4 is 23.2 Å². The Kier molecular flexibility index (Phi) is 3.56. The Bertz CT molecular complexity index is 553. The van der Waals surface area contributed by atoms with Crippen LogP contribution in [0.5, 0.6) is 0 Å². The number of nitrogens with one attached hydrogen (secondary N) is 1. The average Bonchev–Trinajstić information content (AvgIpc) is 3.17. The fourth-order valence-corrected chi connectivity index (χ4v) is 4.15. The molecule has 1 aliphatic carbocycles. The SMILES string of the molecule is CC(Cc1cccs1)N1C(=O)C(C)(C2CC2)NC(=O)C1C. The summed E-state index contributed by atoms with van der Waals surface area (Å²) < 4.78 is 0. The van der Waals surface area contributed by atoms with Gasteiger partial charge in [-0.2, -0.15) is 0 Å². The van der Waals surface area contributed by atoms with Crippen LogP contribution in [0, 0.1) is 5.92 Å². The first-order valence-electron chi connectivity index (χ1n) is 7.60. The second-order valence-electron chi connectivity index (χ2n) is 6.49. The van der Waals surface area contributed by atoms with Gasteiger partial charge in [-0.15, -0.1) is 11.3 Å². The van der Waals surface area contributed by atoms with Gasteiger partial charge in [-0.25, -0.2) is 0 Å². The molecule has 0 bridgehead atoms. The van der Waals surface area contributed by atoms with Crippen molar-refractivity contribution in [2.45, 2.75) is 57.7 Å². The third-order valence-electron chi connectivity index (χ3n) is 4.80. The molecule has 3 unspecified atom stereocenters. The van der Waals surface area contributed by atoms with Crippen LogP contribution < -0.4 is 5.32 Å². The summed E-state index contributed by atoms with van der Waals surface area (Å²) in [7, 11) is 0. The van der Waals surface area contributed by atoms with Crippen LogP contribution >= 0.6 is 11.3 Å². The highest BCUT2D eigenvalue weighted by Gasteiger charge is 2.55. The maximum absolute atomic E-state index is 13.0. The molecule has 114 valence electrons. The molecule has 2 heterocycles. The van der Waals surface area contributed by atoms with E-state index < -0.39 is 5.54 Å². The van der Waals surface area contributed by atoms with Gasteiger partial charge < -0.3 is 10.2 Å². The molecule has 3 atom stereocenters. The van der Waals surface area contributed by atoms with Crippen molar-refractivity contribution in [3.8, 4) is 0 Å². The van der Waals surface area contributed by atoms with Gasteiger partial charge in [-0.3, -0.25) is 9.59 Å². The molecule has 0 radical (unpaired) electrons. The Hall–Kier alpha value is -1.36. The minimum absolute atomic E-state index is 0.0259. The number of hydrogen-bond donors (Lipinski definition) is 1. The van der Waals surface area contributed by atoms with Gasteiger partial charge in [-0.05, 0) is 51.0 Å². The van der Waals surface area contributed by atoms with Crippen molar-refractivity contribution in [3.05, 3.63) is 22.4 Å². The molecular weight excluding hydrogens is 284 g/mol. The van der Waals surface area contributed by atoms with Crippen molar-refractivity contribution in [1.29, 1.82) is 0 Å². The molecule has 3 rings (SSSR count). The minimum atomic E-state index is -0.701. The summed E-state index contributed by atoms with van der Waals surface area (Å²) in [5.41, 5.74) is -0.701. The lowest BCUT2D eigenvalue weighted by atomic mass is 9.88. The van der Waals surface area contributed by atoms with Crippen molar-refractivity contribution in [1.82, 2.24) is 10.2 Å². The van der Waals surface area contributed by atoms with E-state index in [1.54, 1.807) is 16.2 Å². The summed E-state index contributed by atoms with van der Waals surface area (Å²) in [6.07, 6.45) is 2.87. The topological polar surface area (TPSA) is 49.4 Å². The second kappa shape index (κ2) is 5.13. The van der Waals surface area contributed by atoms with Gasteiger partial charge >= 0.3 is 0 Å². The van der Waals surface area contributed by atoms with Crippen LogP contribution in [0.15, 0.2) is 17.5 Å². The molecular formula is C16H22N2O2S. The van der Waals surface area contributed by atoms with Crippen molar-refractivity contribution in [2.75, 3.05) is 0 Å². The van der Waals surface area contributed by atoms with E-state index in [0.29, 0.717) is 5.92 Å². The van der Waals surface area contributed by atoms with E-state index >= 15 is 0 Å². The first-order valence-corrected chi connectivity index (χ1v) is 8.48. The fraction of sp³-hybridized carbons (Fsp3) is 0.625. The van der Waals surface area contributed by atoms with E-state index in [0.717, 1.165) is 19.3 Å². The highest BCUT2D eigenvalue weighted by molar-refractivity contribution is 7.09. The molecule has 0 spiro atoms. The normalized spacial score (nSPS) is 31.2. The van der Waals surface area contributed by atoms with E-state index in [-0.39, 0.29) is 23.9 Å². The van der Waals surface area contributed by atoms with E-state index in [1.165, 1.54) is 4.88 Å². The smallest absolute Gasteiger partial charge is 0.249 e. The van der Waals surface area contributed by atoms with Crippen LogP contribution in [0.4, 0.5) is 0 Å². The zero-order chi connectivity index (χ0) is 15.2. The summed E-state index contributed by atoms with van der Waals surface area (Å²) in [5, 5.41) is 5.02. The maximum atomic E-state index is 13.0. The first kappa shape index (κ1) is 14.6. The number of carbonyl (C=O) groups is 2. The molecule has 1 aromatic heterocycles. The lowest BCUT2D eigenvalue weighted by Crippen LogP contribution is -2.71. The van der Waals surface area contributed by atoms with Gasteiger partial charge in [0.2, 0.25) is 11.8 Å². The second-order valence-corrected chi connectivity index (χ2v) is 7.52. The fourth-order valence-electron chi connectivity index (χ4n) is 3.32. The van der Waals surface area contributed by atoms with Crippen LogP contribution in [0.3, 0.4) is 0 Å². The van der Waals surface area contributed by atoms with Crippen molar-refractivity contribution < 1.29 is 9.59 Å². The Balaban J connectivity index is 1.83. The highest BCUT2D eigenvalue weighted by Crippen LogP contribution is 2.42. The molecule has 4 nitrogen and oxygen atoms in total. The number of nitrogens with zero attached hydrogens (tertiary/aromatic N) is 1. The predicted octanol–water partition coefficient (Wildman–Crippen LogP) is 2.19. The number of carbonyl (C=O) groups excluding carboxylic acids is 2. The predicted molar refractivity (Wildman–Crippen MR) is 83.1 cm³/mol. The maximum Gasteiger partial charge on any atom is 0.249 e. The summed E-state index contributed by atoms with van der Waals surface area (Å²) in [6, 6.07) is 3.75. The van der Waals surface area contributed by atoms with Crippen LogP contribution in [0.25, 0.3) is 0 Å². The lowest BCUT2D eigenvalue weighted by Gasteiger charge is -2.46. The molecule has 21 heavy (non-hydrogen) atoms. The van der Waals surface area contributed by atoms with Crippen LogP contribution in [0.1, 0.15) is 38.5 Å². The minimum Gasteiger partial charge on any atom is -0.340 e. The van der Waals surface area contributed by atoms with Crippen molar-refractivity contribution in [2.24, 2.45) is 5.92 Å². The molecule has 1 saturated heterocycles. The molecule has 2 fully saturated rings. The number of piperazine rings is 1. The monoisotopic (exact) mass is 306 g/mol. The third kappa shape index (κ3) is 2.48. The third-order valence-corrected chi connectivity index (χ3v) is 5.70. The molecule has 2 amide bonds. The van der Waals surface area contributed by atoms with Gasteiger partial charge in [0.05, 0.1) is 0 Å². The summed E-state index contributed by atoms with van der Waals surface area (Å²) in [6.45, 7) is 5.76. The Morgan fingerprint density at radius 3 is 2.76 bits per heavy atom. The van der Waals surface area contributed by atoms with Crippen molar-refractivity contribution in [3.63, 3.8) is 0 Å². The molecule has 1 saturated carbocycles. The first-order chi connectivity index (χ1) is 9.93. The van der Waals surface area contributed by atoms with Gasteiger partial charge in [-0.1, -0.05) is 6.07 Å². The molecule has 1 aliphatic heterocycles. The van der Waals surface area contributed by atoms with Gasteiger partial charge in [0, 0.05) is 17.3 Å². The molecule has 2 aliphatic rings. The Morgan fingerprint density at radius 2 is 2.19 bits per heavy atom.